The first kappa shape index (κ1) is 16.8. The fraction of sp³-hybridized carbons (Fsp3) is 0.278. The SMILES string of the molecule is COc1cccc(CNC(C)C(=O)O)c1OCc1ccccc1. The summed E-state index contributed by atoms with van der Waals surface area (Å²) in [4.78, 5) is 10.9. The van der Waals surface area contributed by atoms with E-state index in [9.17, 15) is 4.79 Å². The Kier molecular flexibility index (Phi) is 6.00. The monoisotopic (exact) mass is 315 g/mol. The third-order valence-electron chi connectivity index (χ3n) is 3.48. The Balaban J connectivity index is 2.13. The maximum atomic E-state index is 10.9. The molecule has 0 fully saturated rings. The summed E-state index contributed by atoms with van der Waals surface area (Å²) in [6.45, 7) is 2.41. The van der Waals surface area contributed by atoms with E-state index in [0.717, 1.165) is 11.1 Å². The largest absolute Gasteiger partial charge is 0.493 e. The lowest BCUT2D eigenvalue weighted by Gasteiger charge is -2.16. The van der Waals surface area contributed by atoms with Crippen molar-refractivity contribution >= 4 is 5.97 Å². The Morgan fingerprint density at radius 1 is 1.17 bits per heavy atom. The Morgan fingerprint density at radius 3 is 2.57 bits per heavy atom. The molecule has 0 saturated carbocycles. The van der Waals surface area contributed by atoms with E-state index in [1.165, 1.54) is 0 Å². The smallest absolute Gasteiger partial charge is 0.320 e. The number of ether oxygens (including phenoxy) is 2. The highest BCUT2D eigenvalue weighted by Crippen LogP contribution is 2.31. The second kappa shape index (κ2) is 8.19. The summed E-state index contributed by atoms with van der Waals surface area (Å²) in [6.07, 6.45) is 0. The Labute approximate surface area is 135 Å². The molecule has 23 heavy (non-hydrogen) atoms. The van der Waals surface area contributed by atoms with Gasteiger partial charge in [-0.15, -0.1) is 0 Å². The van der Waals surface area contributed by atoms with E-state index in [2.05, 4.69) is 5.32 Å². The van der Waals surface area contributed by atoms with Crippen molar-refractivity contribution < 1.29 is 19.4 Å². The topological polar surface area (TPSA) is 67.8 Å². The summed E-state index contributed by atoms with van der Waals surface area (Å²) < 4.78 is 11.3. The minimum Gasteiger partial charge on any atom is -0.493 e. The van der Waals surface area contributed by atoms with Crippen LogP contribution in [-0.4, -0.2) is 24.2 Å². The second-order valence-corrected chi connectivity index (χ2v) is 5.16. The first-order valence-electron chi connectivity index (χ1n) is 7.40. The Bertz CT molecular complexity index is 643. The molecule has 0 aliphatic rings. The molecule has 0 aliphatic carbocycles. The lowest BCUT2D eigenvalue weighted by molar-refractivity contribution is -0.139. The third-order valence-corrected chi connectivity index (χ3v) is 3.48. The molecule has 0 amide bonds. The summed E-state index contributed by atoms with van der Waals surface area (Å²) in [5.41, 5.74) is 1.91. The van der Waals surface area contributed by atoms with Crippen molar-refractivity contribution in [2.24, 2.45) is 0 Å². The van der Waals surface area contributed by atoms with Crippen LogP contribution < -0.4 is 14.8 Å². The van der Waals surface area contributed by atoms with E-state index in [-0.39, 0.29) is 0 Å². The molecule has 5 heteroatoms. The van der Waals surface area contributed by atoms with Gasteiger partial charge in [0.15, 0.2) is 11.5 Å². The normalized spacial score (nSPS) is 11.7. The van der Waals surface area contributed by atoms with Gasteiger partial charge in [0, 0.05) is 12.1 Å². The maximum absolute atomic E-state index is 10.9. The molecule has 5 nitrogen and oxygen atoms in total. The van der Waals surface area contributed by atoms with Crippen LogP contribution in [0.4, 0.5) is 0 Å². The second-order valence-electron chi connectivity index (χ2n) is 5.16. The van der Waals surface area contributed by atoms with Gasteiger partial charge in [-0.2, -0.15) is 0 Å². The van der Waals surface area contributed by atoms with E-state index in [4.69, 9.17) is 14.6 Å². The van der Waals surface area contributed by atoms with Crippen LogP contribution in [0, 0.1) is 0 Å². The molecule has 0 bridgehead atoms. The van der Waals surface area contributed by atoms with Crippen LogP contribution in [0.15, 0.2) is 48.5 Å². The van der Waals surface area contributed by atoms with Gasteiger partial charge in [0.2, 0.25) is 0 Å². The number of para-hydroxylation sites is 1. The number of aliphatic carboxylic acids is 1. The highest BCUT2D eigenvalue weighted by Gasteiger charge is 2.14. The number of benzene rings is 2. The summed E-state index contributed by atoms with van der Waals surface area (Å²) in [7, 11) is 1.59. The molecule has 2 rings (SSSR count). The standard InChI is InChI=1S/C18H21NO4/c1-13(18(20)21)19-11-15-9-6-10-16(22-2)17(15)23-12-14-7-4-3-5-8-14/h3-10,13,19H,11-12H2,1-2H3,(H,20,21). The molecule has 0 heterocycles. The summed E-state index contributed by atoms with van der Waals surface area (Å²) in [5.74, 6) is 0.367. The minimum atomic E-state index is -0.889. The van der Waals surface area contributed by atoms with Crippen molar-refractivity contribution in [1.29, 1.82) is 0 Å². The lowest BCUT2D eigenvalue weighted by atomic mass is 10.1. The predicted octanol–water partition coefficient (Wildman–Crippen LogP) is 2.84. The summed E-state index contributed by atoms with van der Waals surface area (Å²) in [5, 5.41) is 11.9. The molecular weight excluding hydrogens is 294 g/mol. The average Bonchev–Trinajstić information content (AvgIpc) is 2.58. The van der Waals surface area contributed by atoms with Crippen molar-refractivity contribution in [1.82, 2.24) is 5.32 Å². The lowest BCUT2D eigenvalue weighted by Crippen LogP contribution is -2.33. The van der Waals surface area contributed by atoms with Gasteiger partial charge in [0.25, 0.3) is 0 Å². The molecule has 0 aliphatic heterocycles. The first-order valence-corrected chi connectivity index (χ1v) is 7.40. The number of nitrogens with one attached hydrogen (secondary N) is 1. The summed E-state index contributed by atoms with van der Waals surface area (Å²) in [6, 6.07) is 14.8. The highest BCUT2D eigenvalue weighted by molar-refractivity contribution is 5.72. The molecule has 2 aromatic rings. The van der Waals surface area contributed by atoms with E-state index in [0.29, 0.717) is 24.7 Å². The number of methoxy groups -OCH3 is 1. The highest BCUT2D eigenvalue weighted by atomic mass is 16.5. The number of rotatable bonds is 8. The Morgan fingerprint density at radius 2 is 1.91 bits per heavy atom. The van der Waals surface area contributed by atoms with Crippen molar-refractivity contribution in [2.45, 2.75) is 26.1 Å². The number of carboxylic acid groups (broad SMARTS) is 1. The predicted molar refractivity (Wildman–Crippen MR) is 87.7 cm³/mol. The van der Waals surface area contributed by atoms with Gasteiger partial charge in [-0.25, -0.2) is 0 Å². The Hall–Kier alpha value is -2.53. The zero-order valence-electron chi connectivity index (χ0n) is 13.3. The van der Waals surface area contributed by atoms with Crippen LogP contribution in [-0.2, 0) is 17.9 Å². The molecule has 2 N–H and O–H groups in total. The van der Waals surface area contributed by atoms with Crippen LogP contribution in [0.2, 0.25) is 0 Å². The minimum absolute atomic E-state index is 0.384. The molecule has 1 unspecified atom stereocenters. The van der Waals surface area contributed by atoms with E-state index in [1.54, 1.807) is 14.0 Å². The quantitative estimate of drug-likeness (QED) is 0.784. The molecule has 0 radical (unpaired) electrons. The number of carbonyl (C=O) groups is 1. The number of carboxylic acids is 1. The maximum Gasteiger partial charge on any atom is 0.320 e. The first-order chi connectivity index (χ1) is 11.1. The van der Waals surface area contributed by atoms with Gasteiger partial charge in [0.05, 0.1) is 7.11 Å². The van der Waals surface area contributed by atoms with Crippen LogP contribution in [0.5, 0.6) is 11.5 Å². The van der Waals surface area contributed by atoms with E-state index >= 15 is 0 Å². The van der Waals surface area contributed by atoms with Gasteiger partial charge in [-0.05, 0) is 18.6 Å². The van der Waals surface area contributed by atoms with Crippen molar-refractivity contribution in [3.63, 3.8) is 0 Å². The van der Waals surface area contributed by atoms with E-state index < -0.39 is 12.0 Å². The van der Waals surface area contributed by atoms with E-state index in [1.807, 2.05) is 48.5 Å². The van der Waals surface area contributed by atoms with Crippen molar-refractivity contribution in [3.8, 4) is 11.5 Å². The molecule has 122 valence electrons. The molecule has 0 saturated heterocycles. The number of hydrogen-bond acceptors (Lipinski definition) is 4. The zero-order valence-corrected chi connectivity index (χ0v) is 13.3. The molecular formula is C18H21NO4. The van der Waals surface area contributed by atoms with Gasteiger partial charge in [-0.1, -0.05) is 42.5 Å². The van der Waals surface area contributed by atoms with Gasteiger partial charge < -0.3 is 19.9 Å². The molecule has 0 aromatic heterocycles. The average molecular weight is 315 g/mol. The summed E-state index contributed by atoms with van der Waals surface area (Å²) >= 11 is 0. The van der Waals surface area contributed by atoms with Crippen molar-refractivity contribution in [3.05, 3.63) is 59.7 Å². The van der Waals surface area contributed by atoms with Gasteiger partial charge in [-0.3, -0.25) is 4.79 Å². The molecule has 0 spiro atoms. The van der Waals surface area contributed by atoms with Crippen LogP contribution in [0.3, 0.4) is 0 Å². The van der Waals surface area contributed by atoms with Gasteiger partial charge >= 0.3 is 5.97 Å². The third kappa shape index (κ3) is 4.72. The number of hydrogen-bond donors (Lipinski definition) is 2. The molecule has 2 aromatic carbocycles. The van der Waals surface area contributed by atoms with Crippen LogP contribution >= 0.6 is 0 Å². The van der Waals surface area contributed by atoms with Gasteiger partial charge in [0.1, 0.15) is 12.6 Å². The fourth-order valence-corrected chi connectivity index (χ4v) is 2.11. The van der Waals surface area contributed by atoms with Crippen LogP contribution in [0.25, 0.3) is 0 Å². The van der Waals surface area contributed by atoms with Crippen LogP contribution in [0.1, 0.15) is 18.1 Å². The zero-order chi connectivity index (χ0) is 16.7. The fourth-order valence-electron chi connectivity index (χ4n) is 2.11. The van der Waals surface area contributed by atoms with Crippen molar-refractivity contribution in [2.75, 3.05) is 7.11 Å². The molecule has 1 atom stereocenters.